The van der Waals surface area contributed by atoms with Crippen molar-refractivity contribution in [3.63, 3.8) is 0 Å². The molecular weight excluding hydrogens is 240 g/mol. The molecule has 2 atom stereocenters. The van der Waals surface area contributed by atoms with Crippen LogP contribution < -0.4 is 0 Å². The lowest BCUT2D eigenvalue weighted by molar-refractivity contribution is 0.531. The van der Waals surface area contributed by atoms with Gasteiger partial charge in [0.15, 0.2) is 0 Å². The highest BCUT2D eigenvalue weighted by Gasteiger charge is 2.26. The predicted molar refractivity (Wildman–Crippen MR) is 87.1 cm³/mol. The van der Waals surface area contributed by atoms with Gasteiger partial charge in [0.05, 0.1) is 0 Å². The van der Waals surface area contributed by atoms with Crippen molar-refractivity contribution < 1.29 is 0 Å². The van der Waals surface area contributed by atoms with E-state index in [1.54, 1.807) is 5.56 Å². The van der Waals surface area contributed by atoms with Gasteiger partial charge in [-0.3, -0.25) is 0 Å². The number of rotatable bonds is 2. The Morgan fingerprint density at radius 3 is 2.30 bits per heavy atom. The van der Waals surface area contributed by atoms with Crippen molar-refractivity contribution in [1.29, 1.82) is 0 Å². The molecule has 0 aromatic heterocycles. The first-order chi connectivity index (χ1) is 9.66. The highest BCUT2D eigenvalue weighted by molar-refractivity contribution is 5.66. The monoisotopic (exact) mass is 264 g/mol. The van der Waals surface area contributed by atoms with E-state index >= 15 is 0 Å². The molecule has 1 aliphatic rings. The van der Waals surface area contributed by atoms with Crippen molar-refractivity contribution in [1.82, 2.24) is 0 Å². The van der Waals surface area contributed by atoms with E-state index in [1.165, 1.54) is 41.5 Å². The third-order valence-corrected chi connectivity index (χ3v) is 5.08. The lowest BCUT2D eigenvalue weighted by Crippen LogP contribution is -2.05. The zero-order valence-electron chi connectivity index (χ0n) is 12.8. The molecule has 3 rings (SSSR count). The molecule has 1 saturated carbocycles. The highest BCUT2D eigenvalue weighted by Crippen LogP contribution is 2.42. The second kappa shape index (κ2) is 5.44. The summed E-state index contributed by atoms with van der Waals surface area (Å²) in [5, 5.41) is 0. The van der Waals surface area contributed by atoms with Gasteiger partial charge in [0.2, 0.25) is 0 Å². The van der Waals surface area contributed by atoms with E-state index in [0.29, 0.717) is 0 Å². The minimum Gasteiger partial charge on any atom is -0.0622 e. The Hall–Kier alpha value is -1.56. The predicted octanol–water partition coefficient (Wildman–Crippen LogP) is 5.87. The Bertz CT molecular complexity index is 595. The van der Waals surface area contributed by atoms with Crippen LogP contribution in [0.25, 0.3) is 11.1 Å². The maximum atomic E-state index is 2.45. The van der Waals surface area contributed by atoms with Crippen LogP contribution in [0, 0.1) is 19.8 Å². The lowest BCUT2D eigenvalue weighted by atomic mass is 9.84. The molecule has 0 N–H and O–H groups in total. The normalized spacial score (nSPS) is 22.1. The Balaban J connectivity index is 2.08. The molecule has 104 valence electrons. The van der Waals surface area contributed by atoms with Crippen molar-refractivity contribution in [2.24, 2.45) is 5.92 Å². The summed E-state index contributed by atoms with van der Waals surface area (Å²) < 4.78 is 0. The number of aryl methyl sites for hydroxylation is 1. The van der Waals surface area contributed by atoms with Crippen LogP contribution in [0.1, 0.15) is 48.8 Å². The van der Waals surface area contributed by atoms with Crippen molar-refractivity contribution in [2.75, 3.05) is 0 Å². The maximum absolute atomic E-state index is 2.45. The van der Waals surface area contributed by atoms with Crippen molar-refractivity contribution >= 4 is 0 Å². The molecule has 1 aliphatic carbocycles. The summed E-state index contributed by atoms with van der Waals surface area (Å²) in [6.45, 7) is 6.97. The van der Waals surface area contributed by atoms with E-state index < -0.39 is 0 Å². The molecule has 1 fully saturated rings. The van der Waals surface area contributed by atoms with Crippen molar-refractivity contribution in [3.8, 4) is 11.1 Å². The molecular formula is C20H24. The fraction of sp³-hybridized carbons (Fsp3) is 0.400. The van der Waals surface area contributed by atoms with E-state index in [9.17, 15) is 0 Å². The standard InChI is InChI=1S/C20H24/c1-14-8-7-11-19(14)20-13-18(12-15(2)16(20)3)17-9-5-4-6-10-17/h4-6,9-10,12-14,19H,7-8,11H2,1-3H3/t14-,19+/m0/s1. The Morgan fingerprint density at radius 2 is 1.65 bits per heavy atom. The smallest absolute Gasteiger partial charge is 0.0133 e. The molecule has 0 radical (unpaired) electrons. The third kappa shape index (κ3) is 2.40. The summed E-state index contributed by atoms with van der Waals surface area (Å²) in [4.78, 5) is 0. The molecule has 0 bridgehead atoms. The van der Waals surface area contributed by atoms with Crippen LogP contribution in [0.15, 0.2) is 42.5 Å². The zero-order chi connectivity index (χ0) is 14.1. The van der Waals surface area contributed by atoms with Gasteiger partial charge >= 0.3 is 0 Å². The van der Waals surface area contributed by atoms with Gasteiger partial charge in [0.25, 0.3) is 0 Å². The second-order valence-corrected chi connectivity index (χ2v) is 6.39. The van der Waals surface area contributed by atoms with Gasteiger partial charge < -0.3 is 0 Å². The fourth-order valence-corrected chi connectivity index (χ4v) is 3.68. The zero-order valence-corrected chi connectivity index (χ0v) is 12.8. The van der Waals surface area contributed by atoms with Crippen LogP contribution in [0.2, 0.25) is 0 Å². The molecule has 20 heavy (non-hydrogen) atoms. The van der Waals surface area contributed by atoms with Gasteiger partial charge in [-0.2, -0.15) is 0 Å². The first-order valence-electron chi connectivity index (χ1n) is 7.83. The topological polar surface area (TPSA) is 0 Å². The van der Waals surface area contributed by atoms with Crippen LogP contribution in [0.5, 0.6) is 0 Å². The average Bonchev–Trinajstić information content (AvgIpc) is 2.89. The summed E-state index contributed by atoms with van der Waals surface area (Å²) in [5.74, 6) is 1.59. The van der Waals surface area contributed by atoms with Gasteiger partial charge in [-0.05, 0) is 59.9 Å². The lowest BCUT2D eigenvalue weighted by Gasteiger charge is -2.21. The Morgan fingerprint density at radius 1 is 0.900 bits per heavy atom. The Labute approximate surface area is 122 Å². The first kappa shape index (κ1) is 13.4. The van der Waals surface area contributed by atoms with Crippen LogP contribution in [-0.4, -0.2) is 0 Å². The molecule has 2 aromatic carbocycles. The highest BCUT2D eigenvalue weighted by atomic mass is 14.3. The number of benzene rings is 2. The molecule has 0 amide bonds. The molecule has 0 unspecified atom stereocenters. The average molecular weight is 264 g/mol. The summed E-state index contributed by atoms with van der Waals surface area (Å²) in [5.41, 5.74) is 7.24. The van der Waals surface area contributed by atoms with Crippen molar-refractivity contribution in [2.45, 2.75) is 46.0 Å². The molecule has 0 heterocycles. The van der Waals surface area contributed by atoms with E-state index in [0.717, 1.165) is 11.8 Å². The maximum Gasteiger partial charge on any atom is -0.0133 e. The SMILES string of the molecule is Cc1cc(-c2ccccc2)cc([C@@H]2CCC[C@@H]2C)c1C. The largest absolute Gasteiger partial charge is 0.0622 e. The molecule has 0 spiro atoms. The van der Waals surface area contributed by atoms with Crippen LogP contribution in [0.3, 0.4) is 0 Å². The Kier molecular flexibility index (Phi) is 3.65. The molecule has 0 aliphatic heterocycles. The van der Waals surface area contributed by atoms with Gasteiger partial charge in [0, 0.05) is 0 Å². The quantitative estimate of drug-likeness (QED) is 0.636. The molecule has 0 saturated heterocycles. The summed E-state index contributed by atoms with van der Waals surface area (Å²) in [6, 6.07) is 15.6. The summed E-state index contributed by atoms with van der Waals surface area (Å²) in [7, 11) is 0. The molecule has 0 nitrogen and oxygen atoms in total. The van der Waals surface area contributed by atoms with Crippen molar-refractivity contribution in [3.05, 3.63) is 59.2 Å². The van der Waals surface area contributed by atoms with E-state index in [-0.39, 0.29) is 0 Å². The third-order valence-electron chi connectivity index (χ3n) is 5.08. The van der Waals surface area contributed by atoms with E-state index in [1.807, 2.05) is 0 Å². The van der Waals surface area contributed by atoms with E-state index in [2.05, 4.69) is 63.2 Å². The fourth-order valence-electron chi connectivity index (χ4n) is 3.68. The first-order valence-corrected chi connectivity index (χ1v) is 7.83. The molecule has 2 aromatic rings. The van der Waals surface area contributed by atoms with Crippen LogP contribution in [0.4, 0.5) is 0 Å². The van der Waals surface area contributed by atoms with Crippen LogP contribution >= 0.6 is 0 Å². The van der Waals surface area contributed by atoms with Gasteiger partial charge in [-0.15, -0.1) is 0 Å². The summed E-state index contributed by atoms with van der Waals surface area (Å²) >= 11 is 0. The number of hydrogen-bond acceptors (Lipinski definition) is 0. The minimum absolute atomic E-state index is 0.761. The summed E-state index contributed by atoms with van der Waals surface area (Å²) in [6.07, 6.45) is 4.14. The van der Waals surface area contributed by atoms with Crippen LogP contribution in [-0.2, 0) is 0 Å². The minimum atomic E-state index is 0.761. The second-order valence-electron chi connectivity index (χ2n) is 6.39. The van der Waals surface area contributed by atoms with Gasteiger partial charge in [-0.25, -0.2) is 0 Å². The van der Waals surface area contributed by atoms with Gasteiger partial charge in [-0.1, -0.05) is 62.2 Å². The van der Waals surface area contributed by atoms with Gasteiger partial charge in [0.1, 0.15) is 0 Å². The van der Waals surface area contributed by atoms with E-state index in [4.69, 9.17) is 0 Å². The molecule has 0 heteroatoms. The number of hydrogen-bond donors (Lipinski definition) is 0.